The Morgan fingerprint density at radius 2 is 2.25 bits per heavy atom. The van der Waals surface area contributed by atoms with Crippen LogP contribution >= 0.6 is 22.9 Å². The van der Waals surface area contributed by atoms with E-state index < -0.39 is 0 Å². The Bertz CT molecular complexity index is 728. The van der Waals surface area contributed by atoms with Crippen LogP contribution in [0.1, 0.15) is 22.9 Å². The lowest BCUT2D eigenvalue weighted by Crippen LogP contribution is -2.47. The van der Waals surface area contributed by atoms with E-state index in [0.717, 1.165) is 13.0 Å². The molecule has 24 heavy (non-hydrogen) atoms. The second-order valence-electron chi connectivity index (χ2n) is 6.17. The first-order chi connectivity index (χ1) is 11.5. The van der Waals surface area contributed by atoms with Gasteiger partial charge in [-0.2, -0.15) is 0 Å². The van der Waals surface area contributed by atoms with Crippen molar-refractivity contribution in [3.05, 3.63) is 56.5 Å². The minimum atomic E-state index is -0.338. The smallest absolute Gasteiger partial charge is 0.239 e. The topological polar surface area (TPSA) is 23.6 Å². The Balaban J connectivity index is 1.67. The third kappa shape index (κ3) is 3.48. The highest BCUT2D eigenvalue weighted by Crippen LogP contribution is 2.25. The highest BCUT2D eigenvalue weighted by Gasteiger charge is 2.28. The molecule has 1 aliphatic heterocycles. The van der Waals surface area contributed by atoms with E-state index in [1.54, 1.807) is 23.5 Å². The van der Waals surface area contributed by atoms with Crippen LogP contribution in [-0.4, -0.2) is 35.3 Å². The molecule has 0 fully saturated rings. The average molecular weight is 367 g/mol. The average Bonchev–Trinajstić information content (AvgIpc) is 3.04. The maximum atomic E-state index is 14.0. The van der Waals surface area contributed by atoms with Gasteiger partial charge in [-0.15, -0.1) is 11.3 Å². The number of thiophene rings is 1. The quantitative estimate of drug-likeness (QED) is 0.818. The van der Waals surface area contributed by atoms with Crippen LogP contribution in [-0.2, 0) is 24.3 Å². The minimum absolute atomic E-state index is 0.0711. The molecular formula is C18H20ClFN2OS. The Kier molecular flexibility index (Phi) is 5.23. The van der Waals surface area contributed by atoms with Crippen LogP contribution in [0.2, 0.25) is 5.02 Å². The number of fused-ring (bicyclic) bond motifs is 1. The van der Waals surface area contributed by atoms with Gasteiger partial charge in [-0.3, -0.25) is 9.69 Å². The van der Waals surface area contributed by atoms with Crippen molar-refractivity contribution >= 4 is 28.8 Å². The summed E-state index contributed by atoms with van der Waals surface area (Å²) in [6.45, 7) is 3.57. The van der Waals surface area contributed by atoms with E-state index in [0.29, 0.717) is 23.7 Å². The summed E-state index contributed by atoms with van der Waals surface area (Å²) in [7, 11) is 1.82. The van der Waals surface area contributed by atoms with Crippen molar-refractivity contribution in [2.45, 2.75) is 32.5 Å². The molecule has 0 spiro atoms. The summed E-state index contributed by atoms with van der Waals surface area (Å²) in [4.78, 5) is 17.9. The monoisotopic (exact) mass is 366 g/mol. The van der Waals surface area contributed by atoms with Crippen LogP contribution in [0.15, 0.2) is 29.6 Å². The number of carbonyl (C=O) groups excluding carboxylic acids is 1. The first-order valence-corrected chi connectivity index (χ1v) is 9.20. The van der Waals surface area contributed by atoms with Gasteiger partial charge >= 0.3 is 0 Å². The van der Waals surface area contributed by atoms with Gasteiger partial charge < -0.3 is 4.90 Å². The fraction of sp³-hybridized carbons (Fsp3) is 0.389. The molecule has 1 aromatic heterocycles. The Hall–Kier alpha value is -1.43. The summed E-state index contributed by atoms with van der Waals surface area (Å²) in [5.41, 5.74) is 1.67. The second-order valence-corrected chi connectivity index (χ2v) is 7.58. The lowest BCUT2D eigenvalue weighted by atomic mass is 10.1. The van der Waals surface area contributed by atoms with Crippen LogP contribution in [0.3, 0.4) is 0 Å². The summed E-state index contributed by atoms with van der Waals surface area (Å²) in [5, 5.41) is 2.47. The number of carbonyl (C=O) groups is 1. The molecule has 2 aromatic rings. The van der Waals surface area contributed by atoms with Gasteiger partial charge in [0.05, 0.1) is 6.04 Å². The number of rotatable bonds is 4. The van der Waals surface area contributed by atoms with Crippen molar-refractivity contribution in [3.8, 4) is 0 Å². The summed E-state index contributed by atoms with van der Waals surface area (Å²) >= 11 is 7.84. The van der Waals surface area contributed by atoms with Crippen molar-refractivity contribution in [1.82, 2.24) is 9.80 Å². The number of nitrogens with zero attached hydrogens (tertiary/aromatic N) is 2. The molecule has 0 N–H and O–H groups in total. The molecule has 128 valence electrons. The maximum Gasteiger partial charge on any atom is 0.239 e. The van der Waals surface area contributed by atoms with Gasteiger partial charge in [-0.1, -0.05) is 17.7 Å². The van der Waals surface area contributed by atoms with Gasteiger partial charge in [-0.05, 0) is 49.5 Å². The Morgan fingerprint density at radius 1 is 1.46 bits per heavy atom. The van der Waals surface area contributed by atoms with E-state index in [4.69, 9.17) is 11.6 Å². The summed E-state index contributed by atoms with van der Waals surface area (Å²) in [6, 6.07) is 6.41. The molecule has 0 saturated heterocycles. The molecule has 0 bridgehead atoms. The fourth-order valence-electron chi connectivity index (χ4n) is 2.96. The van der Waals surface area contributed by atoms with Crippen molar-refractivity contribution in [3.63, 3.8) is 0 Å². The van der Waals surface area contributed by atoms with Crippen LogP contribution in [0.25, 0.3) is 0 Å². The number of likely N-dealkylation sites (N-methyl/N-ethyl adjacent to an activating group) is 1. The predicted molar refractivity (Wildman–Crippen MR) is 95.8 cm³/mol. The molecule has 0 aliphatic carbocycles. The van der Waals surface area contributed by atoms with E-state index in [-0.39, 0.29) is 17.8 Å². The highest BCUT2D eigenvalue weighted by molar-refractivity contribution is 7.10. The molecule has 2 heterocycles. The normalized spacial score (nSPS) is 15.5. The lowest BCUT2D eigenvalue weighted by molar-refractivity contribution is -0.137. The zero-order valence-electron chi connectivity index (χ0n) is 13.8. The SMILES string of the molecule is CC(C(=O)N1CCc2sccc2C1)N(C)Cc1c(F)cccc1Cl. The van der Waals surface area contributed by atoms with Crippen LogP contribution in [0.4, 0.5) is 4.39 Å². The van der Waals surface area contributed by atoms with Crippen molar-refractivity contribution < 1.29 is 9.18 Å². The third-order valence-corrected chi connectivity index (χ3v) is 5.98. The first-order valence-electron chi connectivity index (χ1n) is 7.94. The molecule has 6 heteroatoms. The fourth-order valence-corrected chi connectivity index (χ4v) is 4.07. The van der Waals surface area contributed by atoms with Gasteiger partial charge in [0, 0.05) is 35.1 Å². The number of amides is 1. The van der Waals surface area contributed by atoms with Gasteiger partial charge in [-0.25, -0.2) is 4.39 Å². The zero-order chi connectivity index (χ0) is 17.3. The summed E-state index contributed by atoms with van der Waals surface area (Å²) < 4.78 is 14.0. The van der Waals surface area contributed by atoms with E-state index in [2.05, 4.69) is 11.4 Å². The van der Waals surface area contributed by atoms with Crippen LogP contribution in [0, 0.1) is 5.82 Å². The minimum Gasteiger partial charge on any atom is -0.337 e. The van der Waals surface area contributed by atoms with Crippen LogP contribution < -0.4 is 0 Å². The molecule has 1 atom stereocenters. The maximum absolute atomic E-state index is 14.0. The van der Waals surface area contributed by atoms with Crippen LogP contribution in [0.5, 0.6) is 0 Å². The number of halogens is 2. The molecule has 3 rings (SSSR count). The van der Waals surface area contributed by atoms with Crippen molar-refractivity contribution in [1.29, 1.82) is 0 Å². The molecule has 1 aliphatic rings. The number of hydrogen-bond donors (Lipinski definition) is 0. The number of hydrogen-bond acceptors (Lipinski definition) is 3. The second kappa shape index (κ2) is 7.21. The standard InChI is InChI=1S/C18H20ClFN2OS/c1-12(21(2)11-14-15(19)4-3-5-16(14)20)18(23)22-8-6-17-13(10-22)7-9-24-17/h3-5,7,9,12H,6,8,10-11H2,1-2H3. The number of benzene rings is 1. The molecule has 0 radical (unpaired) electrons. The molecule has 1 aromatic carbocycles. The van der Waals surface area contributed by atoms with Crippen molar-refractivity contribution in [2.75, 3.05) is 13.6 Å². The zero-order valence-corrected chi connectivity index (χ0v) is 15.3. The Labute approximate surface area is 150 Å². The van der Waals surface area contributed by atoms with Gasteiger partial charge in [0.1, 0.15) is 5.82 Å². The predicted octanol–water partition coefficient (Wildman–Crippen LogP) is 3.95. The third-order valence-electron chi connectivity index (χ3n) is 4.61. The molecule has 3 nitrogen and oxygen atoms in total. The lowest BCUT2D eigenvalue weighted by Gasteiger charge is -2.33. The molecule has 1 amide bonds. The van der Waals surface area contributed by atoms with Gasteiger partial charge in [0.2, 0.25) is 5.91 Å². The first kappa shape index (κ1) is 17.4. The van der Waals surface area contributed by atoms with E-state index >= 15 is 0 Å². The summed E-state index contributed by atoms with van der Waals surface area (Å²) in [6.07, 6.45) is 0.911. The summed E-state index contributed by atoms with van der Waals surface area (Å²) in [5.74, 6) is -0.267. The Morgan fingerprint density at radius 3 is 3.00 bits per heavy atom. The van der Waals surface area contributed by atoms with Gasteiger partial charge in [0.15, 0.2) is 0 Å². The molecule has 0 saturated carbocycles. The molecule has 1 unspecified atom stereocenters. The largest absolute Gasteiger partial charge is 0.337 e. The van der Waals surface area contributed by atoms with E-state index in [9.17, 15) is 9.18 Å². The van der Waals surface area contributed by atoms with Crippen molar-refractivity contribution in [2.24, 2.45) is 0 Å². The highest BCUT2D eigenvalue weighted by atomic mass is 35.5. The van der Waals surface area contributed by atoms with Gasteiger partial charge in [0.25, 0.3) is 0 Å². The van der Waals surface area contributed by atoms with E-state index in [1.165, 1.54) is 16.5 Å². The molecular weight excluding hydrogens is 347 g/mol. The van der Waals surface area contributed by atoms with E-state index in [1.807, 2.05) is 23.8 Å².